The number of amides is 3. The summed E-state index contributed by atoms with van der Waals surface area (Å²) in [5.41, 5.74) is 2.34. The van der Waals surface area contributed by atoms with E-state index < -0.39 is 6.03 Å². The Morgan fingerprint density at radius 2 is 1.83 bits per heavy atom. The second-order valence-electron chi connectivity index (χ2n) is 7.40. The van der Waals surface area contributed by atoms with E-state index in [0.717, 1.165) is 37.2 Å². The lowest BCUT2D eigenvalue weighted by atomic mass is 9.96. The molecular weight excluding hydrogens is 366 g/mol. The first-order valence-corrected chi connectivity index (χ1v) is 10.1. The van der Waals surface area contributed by atoms with E-state index in [4.69, 9.17) is 4.74 Å². The van der Waals surface area contributed by atoms with Crippen molar-refractivity contribution in [2.45, 2.75) is 25.8 Å². The fraction of sp³-hybridized carbons (Fsp3) is 0.391. The summed E-state index contributed by atoms with van der Waals surface area (Å²) < 4.78 is 5.13. The fourth-order valence-electron chi connectivity index (χ4n) is 3.63. The molecule has 0 aliphatic carbocycles. The van der Waals surface area contributed by atoms with Crippen LogP contribution in [0.5, 0.6) is 5.75 Å². The van der Waals surface area contributed by atoms with Crippen LogP contribution in [0.1, 0.15) is 24.0 Å². The Morgan fingerprint density at radius 3 is 2.55 bits per heavy atom. The Kier molecular flexibility index (Phi) is 7.64. The maximum absolute atomic E-state index is 12.5. The Balaban J connectivity index is 1.39. The summed E-state index contributed by atoms with van der Waals surface area (Å²) in [6.45, 7) is 2.96. The van der Waals surface area contributed by atoms with Crippen molar-refractivity contribution in [1.29, 1.82) is 0 Å². The van der Waals surface area contributed by atoms with Crippen molar-refractivity contribution in [1.82, 2.24) is 15.5 Å². The number of nitrogens with one attached hydrogen (secondary N) is 2. The highest BCUT2D eigenvalue weighted by atomic mass is 16.5. The van der Waals surface area contributed by atoms with Gasteiger partial charge in [0.2, 0.25) is 5.91 Å². The average Bonchev–Trinajstić information content (AvgIpc) is 2.75. The molecule has 2 N–H and O–H groups in total. The van der Waals surface area contributed by atoms with Gasteiger partial charge in [-0.3, -0.25) is 15.0 Å². The number of hydrogen-bond acceptors (Lipinski definition) is 4. The molecule has 3 rings (SSSR count). The lowest BCUT2D eigenvalue weighted by molar-refractivity contribution is -0.125. The standard InChI is InChI=1S/C23H29N3O3/c1-29-21-11-9-18(10-12-21)13-14-24-23(28)25-22(27)20-8-5-15-26(17-20)16-19-6-3-2-4-7-19/h2-4,6-7,9-12,20H,5,8,13-17H2,1H3,(H2,24,25,27,28). The summed E-state index contributed by atoms with van der Waals surface area (Å²) in [5, 5.41) is 5.27. The first-order chi connectivity index (χ1) is 14.1. The Morgan fingerprint density at radius 1 is 1.07 bits per heavy atom. The molecule has 2 aromatic carbocycles. The molecule has 0 radical (unpaired) electrons. The van der Waals surface area contributed by atoms with Crippen LogP contribution in [0.25, 0.3) is 0 Å². The number of rotatable bonds is 7. The molecule has 1 atom stereocenters. The van der Waals surface area contributed by atoms with Crippen LogP contribution in [-0.2, 0) is 17.8 Å². The summed E-state index contributed by atoms with van der Waals surface area (Å²) in [4.78, 5) is 26.9. The zero-order chi connectivity index (χ0) is 20.5. The zero-order valence-electron chi connectivity index (χ0n) is 16.9. The molecule has 3 amide bonds. The van der Waals surface area contributed by atoms with Crippen LogP contribution in [0.15, 0.2) is 54.6 Å². The van der Waals surface area contributed by atoms with Crippen LogP contribution < -0.4 is 15.4 Å². The number of benzene rings is 2. The molecule has 0 saturated carbocycles. The smallest absolute Gasteiger partial charge is 0.321 e. The molecule has 6 nitrogen and oxygen atoms in total. The largest absolute Gasteiger partial charge is 0.497 e. The summed E-state index contributed by atoms with van der Waals surface area (Å²) in [6, 6.07) is 17.5. The molecule has 1 aliphatic heterocycles. The molecule has 1 aliphatic rings. The van der Waals surface area contributed by atoms with Gasteiger partial charge < -0.3 is 10.1 Å². The molecule has 29 heavy (non-hydrogen) atoms. The lowest BCUT2D eigenvalue weighted by Crippen LogP contribution is -2.47. The first-order valence-electron chi connectivity index (χ1n) is 10.1. The van der Waals surface area contributed by atoms with Crippen molar-refractivity contribution in [3.05, 3.63) is 65.7 Å². The number of nitrogens with zero attached hydrogens (tertiary/aromatic N) is 1. The third-order valence-electron chi connectivity index (χ3n) is 5.22. The lowest BCUT2D eigenvalue weighted by Gasteiger charge is -2.31. The van der Waals surface area contributed by atoms with Crippen molar-refractivity contribution in [3.8, 4) is 5.75 Å². The van der Waals surface area contributed by atoms with Gasteiger partial charge in [-0.05, 0) is 49.1 Å². The molecule has 1 saturated heterocycles. The van der Waals surface area contributed by atoms with Gasteiger partial charge in [0.05, 0.1) is 13.0 Å². The predicted molar refractivity (Wildman–Crippen MR) is 113 cm³/mol. The number of ether oxygens (including phenoxy) is 1. The van der Waals surface area contributed by atoms with E-state index in [2.05, 4.69) is 27.7 Å². The fourth-order valence-corrected chi connectivity index (χ4v) is 3.63. The van der Waals surface area contributed by atoms with Crippen molar-refractivity contribution in [2.75, 3.05) is 26.7 Å². The monoisotopic (exact) mass is 395 g/mol. The van der Waals surface area contributed by atoms with Crippen LogP contribution in [0.3, 0.4) is 0 Å². The van der Waals surface area contributed by atoms with Crippen LogP contribution in [0.2, 0.25) is 0 Å². The number of urea groups is 1. The summed E-state index contributed by atoms with van der Waals surface area (Å²) in [7, 11) is 1.63. The van der Waals surface area contributed by atoms with Crippen molar-refractivity contribution >= 4 is 11.9 Å². The minimum Gasteiger partial charge on any atom is -0.497 e. The number of methoxy groups -OCH3 is 1. The van der Waals surface area contributed by atoms with Gasteiger partial charge in [0.15, 0.2) is 0 Å². The molecule has 2 aromatic rings. The minimum atomic E-state index is -0.427. The van der Waals surface area contributed by atoms with E-state index in [1.165, 1.54) is 5.56 Å². The molecule has 1 heterocycles. The van der Waals surface area contributed by atoms with E-state index >= 15 is 0 Å². The van der Waals surface area contributed by atoms with Crippen LogP contribution >= 0.6 is 0 Å². The van der Waals surface area contributed by atoms with Gasteiger partial charge >= 0.3 is 6.03 Å². The molecule has 1 unspecified atom stereocenters. The van der Waals surface area contributed by atoms with Gasteiger partial charge in [-0.15, -0.1) is 0 Å². The third-order valence-corrected chi connectivity index (χ3v) is 5.22. The van der Waals surface area contributed by atoms with Crippen LogP contribution in [0, 0.1) is 5.92 Å². The maximum Gasteiger partial charge on any atom is 0.321 e. The van der Waals surface area contributed by atoms with Crippen molar-refractivity contribution in [3.63, 3.8) is 0 Å². The quantitative estimate of drug-likeness (QED) is 0.756. The summed E-state index contributed by atoms with van der Waals surface area (Å²) >= 11 is 0. The topological polar surface area (TPSA) is 70.7 Å². The average molecular weight is 396 g/mol. The molecule has 6 heteroatoms. The van der Waals surface area contributed by atoms with Gasteiger partial charge in [-0.25, -0.2) is 4.79 Å². The van der Waals surface area contributed by atoms with E-state index in [-0.39, 0.29) is 11.8 Å². The summed E-state index contributed by atoms with van der Waals surface area (Å²) in [5.74, 6) is 0.461. The van der Waals surface area contributed by atoms with Gasteiger partial charge in [0.25, 0.3) is 0 Å². The Bertz CT molecular complexity index is 793. The van der Waals surface area contributed by atoms with Gasteiger partial charge in [-0.1, -0.05) is 42.5 Å². The van der Waals surface area contributed by atoms with Crippen LogP contribution in [-0.4, -0.2) is 43.6 Å². The molecule has 0 aromatic heterocycles. The van der Waals surface area contributed by atoms with Crippen LogP contribution in [0.4, 0.5) is 4.79 Å². The number of carbonyl (C=O) groups is 2. The first kappa shape index (κ1) is 20.9. The molecular formula is C23H29N3O3. The van der Waals surface area contributed by atoms with E-state index in [1.807, 2.05) is 42.5 Å². The highest BCUT2D eigenvalue weighted by molar-refractivity contribution is 5.95. The van der Waals surface area contributed by atoms with E-state index in [9.17, 15) is 9.59 Å². The van der Waals surface area contributed by atoms with E-state index in [1.54, 1.807) is 7.11 Å². The predicted octanol–water partition coefficient (Wildman–Crippen LogP) is 2.98. The Hall–Kier alpha value is -2.86. The second-order valence-corrected chi connectivity index (χ2v) is 7.40. The highest BCUT2D eigenvalue weighted by Crippen LogP contribution is 2.18. The van der Waals surface area contributed by atoms with Gasteiger partial charge in [-0.2, -0.15) is 0 Å². The van der Waals surface area contributed by atoms with Crippen molar-refractivity contribution < 1.29 is 14.3 Å². The van der Waals surface area contributed by atoms with E-state index in [0.29, 0.717) is 19.5 Å². The second kappa shape index (κ2) is 10.6. The Labute approximate surface area is 172 Å². The number of likely N-dealkylation sites (tertiary alicyclic amines) is 1. The number of hydrogen-bond donors (Lipinski definition) is 2. The molecule has 0 spiro atoms. The molecule has 1 fully saturated rings. The van der Waals surface area contributed by atoms with Crippen molar-refractivity contribution in [2.24, 2.45) is 5.92 Å². The van der Waals surface area contributed by atoms with Gasteiger partial charge in [0.1, 0.15) is 5.75 Å². The third kappa shape index (κ3) is 6.61. The maximum atomic E-state index is 12.5. The number of imide groups is 1. The SMILES string of the molecule is COc1ccc(CCNC(=O)NC(=O)C2CCCN(Cc3ccccc3)C2)cc1. The molecule has 0 bridgehead atoms. The molecule has 154 valence electrons. The summed E-state index contributed by atoms with van der Waals surface area (Å²) in [6.07, 6.45) is 2.47. The van der Waals surface area contributed by atoms with Gasteiger partial charge in [0, 0.05) is 19.6 Å². The number of piperidine rings is 1. The normalized spacial score (nSPS) is 16.8. The minimum absolute atomic E-state index is 0.153. The highest BCUT2D eigenvalue weighted by Gasteiger charge is 2.26. The number of carbonyl (C=O) groups excluding carboxylic acids is 2. The zero-order valence-corrected chi connectivity index (χ0v) is 16.9.